The molecule has 2 aromatic carbocycles. The molecule has 2 heterocycles. The summed E-state index contributed by atoms with van der Waals surface area (Å²) in [5.74, 6) is 2.94. The highest BCUT2D eigenvalue weighted by Crippen LogP contribution is 2.29. The molecule has 0 atom stereocenters. The van der Waals surface area contributed by atoms with E-state index < -0.39 is 5.60 Å². The van der Waals surface area contributed by atoms with Crippen molar-refractivity contribution in [3.05, 3.63) is 82.7 Å². The molecular weight excluding hydrogens is 384 g/mol. The Kier molecular flexibility index (Phi) is 5.96. The Hall–Kier alpha value is -2.92. The molecule has 5 nitrogen and oxygen atoms in total. The van der Waals surface area contributed by atoms with Crippen molar-refractivity contribution in [2.45, 2.75) is 58.7 Å². The van der Waals surface area contributed by atoms with Gasteiger partial charge in [0.15, 0.2) is 0 Å². The highest BCUT2D eigenvalue weighted by atomic mass is 16.3. The van der Waals surface area contributed by atoms with Crippen LogP contribution in [0.2, 0.25) is 0 Å². The van der Waals surface area contributed by atoms with Gasteiger partial charge in [0.2, 0.25) is 0 Å². The Balaban J connectivity index is 1.56. The number of anilines is 2. The van der Waals surface area contributed by atoms with Gasteiger partial charge in [-0.1, -0.05) is 62.4 Å². The number of hydrogen-bond acceptors (Lipinski definition) is 5. The van der Waals surface area contributed by atoms with E-state index in [0.717, 1.165) is 49.1 Å². The van der Waals surface area contributed by atoms with Crippen LogP contribution >= 0.6 is 0 Å². The lowest BCUT2D eigenvalue weighted by Gasteiger charge is -2.31. The van der Waals surface area contributed by atoms with Crippen molar-refractivity contribution in [1.82, 2.24) is 9.97 Å². The van der Waals surface area contributed by atoms with Gasteiger partial charge >= 0.3 is 0 Å². The highest BCUT2D eigenvalue weighted by molar-refractivity contribution is 5.52. The van der Waals surface area contributed by atoms with Crippen LogP contribution in [0.4, 0.5) is 11.6 Å². The smallest absolute Gasteiger partial charge is 0.135 e. The molecule has 1 aromatic heterocycles. The topological polar surface area (TPSA) is 61.3 Å². The van der Waals surface area contributed by atoms with Crippen molar-refractivity contribution in [3.8, 4) is 0 Å². The molecule has 0 saturated heterocycles. The third-order valence-corrected chi connectivity index (χ3v) is 5.81. The molecule has 0 aliphatic carbocycles. The first-order valence-electron chi connectivity index (χ1n) is 11.1. The van der Waals surface area contributed by atoms with E-state index in [1.807, 2.05) is 26.0 Å². The summed E-state index contributed by atoms with van der Waals surface area (Å²) in [7, 11) is 0. The summed E-state index contributed by atoms with van der Waals surface area (Å²) < 4.78 is 0. The van der Waals surface area contributed by atoms with Gasteiger partial charge in [-0.15, -0.1) is 0 Å². The summed E-state index contributed by atoms with van der Waals surface area (Å²) in [5, 5.41) is 13.8. The lowest BCUT2D eigenvalue weighted by atomic mass is 9.91. The van der Waals surface area contributed by atoms with Crippen molar-refractivity contribution >= 4 is 11.6 Å². The van der Waals surface area contributed by atoms with E-state index in [1.165, 1.54) is 16.7 Å². The molecule has 31 heavy (non-hydrogen) atoms. The Bertz CT molecular complexity index is 1040. The highest BCUT2D eigenvalue weighted by Gasteiger charge is 2.23. The summed E-state index contributed by atoms with van der Waals surface area (Å²) >= 11 is 0. The summed E-state index contributed by atoms with van der Waals surface area (Å²) in [4.78, 5) is 12.0. The van der Waals surface area contributed by atoms with E-state index in [0.29, 0.717) is 0 Å². The van der Waals surface area contributed by atoms with Crippen LogP contribution in [0, 0.1) is 0 Å². The third-order valence-electron chi connectivity index (χ3n) is 5.81. The van der Waals surface area contributed by atoms with Gasteiger partial charge in [-0.05, 0) is 42.5 Å². The number of nitrogens with zero attached hydrogens (tertiary/aromatic N) is 3. The maximum absolute atomic E-state index is 10.3. The van der Waals surface area contributed by atoms with Crippen LogP contribution in [-0.2, 0) is 25.1 Å². The van der Waals surface area contributed by atoms with Gasteiger partial charge in [0.1, 0.15) is 17.5 Å². The number of benzene rings is 2. The second-order valence-corrected chi connectivity index (χ2v) is 9.18. The molecule has 0 spiro atoms. The maximum atomic E-state index is 10.3. The standard InChI is InChI=1S/C26H32N4O/c1-18(2)25-28-23(27-16-19-8-6-5-7-9-19)15-24(29-25)30-13-12-20-14-22(26(3,4)31)11-10-21(20)17-30/h5-11,14-15,18,31H,12-13,16-17H2,1-4H3,(H,27,28,29). The van der Waals surface area contributed by atoms with Crippen molar-refractivity contribution in [2.24, 2.45) is 0 Å². The zero-order chi connectivity index (χ0) is 22.0. The van der Waals surface area contributed by atoms with E-state index in [1.54, 1.807) is 0 Å². The minimum atomic E-state index is -0.815. The molecule has 1 aliphatic heterocycles. The molecule has 0 radical (unpaired) electrons. The van der Waals surface area contributed by atoms with E-state index >= 15 is 0 Å². The van der Waals surface area contributed by atoms with Gasteiger partial charge in [0.05, 0.1) is 5.60 Å². The van der Waals surface area contributed by atoms with Crippen LogP contribution in [0.25, 0.3) is 0 Å². The molecule has 0 saturated carbocycles. The summed E-state index contributed by atoms with van der Waals surface area (Å²) in [6, 6.07) is 18.8. The molecule has 3 aromatic rings. The molecule has 162 valence electrons. The molecule has 0 amide bonds. The van der Waals surface area contributed by atoms with Gasteiger partial charge in [-0.25, -0.2) is 9.97 Å². The van der Waals surface area contributed by atoms with Crippen LogP contribution in [0.3, 0.4) is 0 Å². The monoisotopic (exact) mass is 416 g/mol. The summed E-state index contributed by atoms with van der Waals surface area (Å²) in [6.07, 6.45) is 0.938. The lowest BCUT2D eigenvalue weighted by Crippen LogP contribution is -2.32. The van der Waals surface area contributed by atoms with Crippen molar-refractivity contribution in [2.75, 3.05) is 16.8 Å². The van der Waals surface area contributed by atoms with Crippen LogP contribution in [0.15, 0.2) is 54.6 Å². The van der Waals surface area contributed by atoms with Crippen molar-refractivity contribution in [1.29, 1.82) is 0 Å². The molecule has 5 heteroatoms. The number of aliphatic hydroxyl groups is 1. The van der Waals surface area contributed by atoms with Gasteiger partial charge in [-0.3, -0.25) is 0 Å². The van der Waals surface area contributed by atoms with Gasteiger partial charge in [-0.2, -0.15) is 0 Å². The largest absolute Gasteiger partial charge is 0.386 e. The lowest BCUT2D eigenvalue weighted by molar-refractivity contribution is 0.0785. The summed E-state index contributed by atoms with van der Waals surface area (Å²) in [6.45, 7) is 10.4. The fourth-order valence-electron chi connectivity index (χ4n) is 3.88. The minimum Gasteiger partial charge on any atom is -0.386 e. The first-order chi connectivity index (χ1) is 14.8. The van der Waals surface area contributed by atoms with E-state index in [2.05, 4.69) is 66.5 Å². The fraction of sp³-hybridized carbons (Fsp3) is 0.385. The van der Waals surface area contributed by atoms with Crippen LogP contribution < -0.4 is 10.2 Å². The average Bonchev–Trinajstić information content (AvgIpc) is 2.77. The van der Waals surface area contributed by atoms with Gasteiger partial charge < -0.3 is 15.3 Å². The normalized spacial score (nSPS) is 13.9. The zero-order valence-corrected chi connectivity index (χ0v) is 18.9. The molecular formula is C26H32N4O. The first-order valence-corrected chi connectivity index (χ1v) is 11.1. The van der Waals surface area contributed by atoms with Crippen LogP contribution in [-0.4, -0.2) is 21.6 Å². The van der Waals surface area contributed by atoms with E-state index in [-0.39, 0.29) is 5.92 Å². The Morgan fingerprint density at radius 2 is 1.81 bits per heavy atom. The molecule has 1 aliphatic rings. The van der Waals surface area contributed by atoms with E-state index in [9.17, 15) is 5.11 Å². The van der Waals surface area contributed by atoms with Crippen molar-refractivity contribution in [3.63, 3.8) is 0 Å². The quantitative estimate of drug-likeness (QED) is 0.592. The van der Waals surface area contributed by atoms with Crippen molar-refractivity contribution < 1.29 is 5.11 Å². The second kappa shape index (κ2) is 8.67. The third kappa shape index (κ3) is 5.05. The number of rotatable bonds is 6. The van der Waals surface area contributed by atoms with E-state index in [4.69, 9.17) is 9.97 Å². The average molecular weight is 417 g/mol. The predicted molar refractivity (Wildman–Crippen MR) is 126 cm³/mol. The maximum Gasteiger partial charge on any atom is 0.135 e. The minimum absolute atomic E-state index is 0.253. The molecule has 0 bridgehead atoms. The number of aromatic nitrogens is 2. The molecule has 0 fully saturated rings. The number of nitrogens with one attached hydrogen (secondary N) is 1. The zero-order valence-electron chi connectivity index (χ0n) is 18.9. The predicted octanol–water partition coefficient (Wildman–Crippen LogP) is 5.00. The Labute approximate surface area is 185 Å². The number of hydrogen-bond donors (Lipinski definition) is 2. The molecule has 0 unspecified atom stereocenters. The Morgan fingerprint density at radius 1 is 1.03 bits per heavy atom. The second-order valence-electron chi connectivity index (χ2n) is 9.18. The van der Waals surface area contributed by atoms with Crippen LogP contribution in [0.1, 0.15) is 61.7 Å². The molecule has 4 rings (SSSR count). The fourth-order valence-corrected chi connectivity index (χ4v) is 3.88. The van der Waals surface area contributed by atoms with Crippen LogP contribution in [0.5, 0.6) is 0 Å². The number of fused-ring (bicyclic) bond motifs is 1. The van der Waals surface area contributed by atoms with Gasteiger partial charge in [0, 0.05) is 31.6 Å². The summed E-state index contributed by atoms with van der Waals surface area (Å²) in [5.41, 5.74) is 3.99. The Morgan fingerprint density at radius 3 is 2.52 bits per heavy atom. The van der Waals surface area contributed by atoms with Gasteiger partial charge in [0.25, 0.3) is 0 Å². The SMILES string of the molecule is CC(C)c1nc(NCc2ccccc2)cc(N2CCc3cc(C(C)(C)O)ccc3C2)n1. The first kappa shape index (κ1) is 21.3. The molecule has 2 N–H and O–H groups in total.